The molecule has 4 aromatic rings. The molecule has 5 rings (SSSR count). The number of benzene rings is 2. The van der Waals surface area contributed by atoms with Gasteiger partial charge in [0.25, 0.3) is 6.43 Å². The fraction of sp³-hybridized carbons (Fsp3) is 0.280. The van der Waals surface area contributed by atoms with Gasteiger partial charge >= 0.3 is 0 Å². The van der Waals surface area contributed by atoms with Gasteiger partial charge in [-0.3, -0.25) is 9.48 Å². The number of carbonyl (C=O) groups excluding carboxylic acids is 1. The van der Waals surface area contributed by atoms with E-state index in [0.29, 0.717) is 35.2 Å². The first-order valence-corrected chi connectivity index (χ1v) is 10.7. The topological polar surface area (TPSA) is 51.3 Å². The SMILES string of the molecule is CCC(=O)c1coc2ccc(N3CCCc4cc(-c5cnn(C)c5)c(C(F)F)cc43)cc12. The summed E-state index contributed by atoms with van der Waals surface area (Å²) in [6.07, 6.45) is 4.37. The summed E-state index contributed by atoms with van der Waals surface area (Å²) in [5.41, 5.74) is 5.07. The molecule has 0 atom stereocenters. The van der Waals surface area contributed by atoms with Crippen molar-refractivity contribution in [3.8, 4) is 11.1 Å². The molecule has 0 N–H and O–H groups in total. The highest BCUT2D eigenvalue weighted by atomic mass is 19.3. The van der Waals surface area contributed by atoms with Crippen LogP contribution in [-0.2, 0) is 13.5 Å². The number of hydrogen-bond donors (Lipinski definition) is 0. The molecule has 7 heteroatoms. The summed E-state index contributed by atoms with van der Waals surface area (Å²) in [4.78, 5) is 14.4. The van der Waals surface area contributed by atoms with Crippen molar-refractivity contribution in [2.24, 2.45) is 7.05 Å². The van der Waals surface area contributed by atoms with Crippen molar-refractivity contribution >= 4 is 28.1 Å². The average Bonchev–Trinajstić information content (AvgIpc) is 3.43. The van der Waals surface area contributed by atoms with Crippen molar-refractivity contribution in [3.63, 3.8) is 0 Å². The molecule has 0 amide bonds. The lowest BCUT2D eigenvalue weighted by molar-refractivity contribution is 0.0989. The van der Waals surface area contributed by atoms with Crippen molar-refractivity contribution in [2.45, 2.75) is 32.6 Å². The van der Waals surface area contributed by atoms with Crippen LogP contribution in [0.4, 0.5) is 20.2 Å². The van der Waals surface area contributed by atoms with Crippen molar-refractivity contribution < 1.29 is 18.0 Å². The van der Waals surface area contributed by atoms with Crippen LogP contribution in [0.25, 0.3) is 22.1 Å². The number of furan rings is 1. The van der Waals surface area contributed by atoms with Gasteiger partial charge in [-0.2, -0.15) is 5.10 Å². The molecule has 1 aliphatic rings. The van der Waals surface area contributed by atoms with E-state index >= 15 is 0 Å². The Morgan fingerprint density at radius 2 is 2.09 bits per heavy atom. The minimum Gasteiger partial charge on any atom is -0.464 e. The Hall–Kier alpha value is -3.48. The number of hydrogen-bond acceptors (Lipinski definition) is 4. The second-order valence-electron chi connectivity index (χ2n) is 8.13. The predicted octanol–water partition coefficient (Wildman–Crippen LogP) is 6.45. The highest BCUT2D eigenvalue weighted by Gasteiger charge is 2.25. The van der Waals surface area contributed by atoms with Gasteiger partial charge in [0.05, 0.1) is 11.8 Å². The maximum absolute atomic E-state index is 14.1. The van der Waals surface area contributed by atoms with E-state index in [4.69, 9.17) is 4.42 Å². The number of rotatable bonds is 5. The fourth-order valence-electron chi connectivity index (χ4n) is 4.50. The zero-order valence-corrected chi connectivity index (χ0v) is 17.9. The number of ketones is 1. The van der Waals surface area contributed by atoms with Crippen LogP contribution in [0.2, 0.25) is 0 Å². The van der Waals surface area contributed by atoms with E-state index in [2.05, 4.69) is 10.00 Å². The molecule has 2 aromatic heterocycles. The van der Waals surface area contributed by atoms with Crippen LogP contribution in [0.15, 0.2) is 53.4 Å². The molecule has 1 aliphatic heterocycles. The summed E-state index contributed by atoms with van der Waals surface area (Å²) in [6, 6.07) is 9.16. The predicted molar refractivity (Wildman–Crippen MR) is 120 cm³/mol. The summed E-state index contributed by atoms with van der Waals surface area (Å²) in [7, 11) is 1.77. The van der Waals surface area contributed by atoms with Crippen molar-refractivity contribution in [1.29, 1.82) is 0 Å². The van der Waals surface area contributed by atoms with Crippen molar-refractivity contribution in [3.05, 3.63) is 65.7 Å². The highest BCUT2D eigenvalue weighted by molar-refractivity contribution is 6.07. The summed E-state index contributed by atoms with van der Waals surface area (Å²) in [5.74, 6) is 0.0149. The Morgan fingerprint density at radius 1 is 1.25 bits per heavy atom. The van der Waals surface area contributed by atoms with Crippen LogP contribution in [0.5, 0.6) is 0 Å². The molecule has 0 unspecified atom stereocenters. The van der Waals surface area contributed by atoms with Gasteiger partial charge in [0.2, 0.25) is 0 Å². The monoisotopic (exact) mass is 435 g/mol. The Labute approximate surface area is 184 Å². The molecule has 3 heterocycles. The molecule has 0 saturated heterocycles. The Kier molecular flexibility index (Phi) is 5.04. The minimum atomic E-state index is -2.61. The van der Waals surface area contributed by atoms with Crippen molar-refractivity contribution in [1.82, 2.24) is 9.78 Å². The number of carbonyl (C=O) groups is 1. The number of nitrogens with zero attached hydrogens (tertiary/aromatic N) is 3. The van der Waals surface area contributed by atoms with Crippen LogP contribution in [0, 0.1) is 0 Å². The van der Waals surface area contributed by atoms with Crippen LogP contribution < -0.4 is 4.90 Å². The Bertz CT molecular complexity index is 1320. The average molecular weight is 435 g/mol. The second kappa shape index (κ2) is 7.89. The maximum atomic E-state index is 14.1. The fourth-order valence-corrected chi connectivity index (χ4v) is 4.50. The number of aryl methyl sites for hydroxylation is 2. The number of aromatic nitrogens is 2. The summed E-state index contributed by atoms with van der Waals surface area (Å²) < 4.78 is 35.3. The van der Waals surface area contributed by atoms with Gasteiger partial charge in [-0.1, -0.05) is 6.92 Å². The van der Waals surface area contributed by atoms with Gasteiger partial charge < -0.3 is 9.32 Å². The smallest absolute Gasteiger partial charge is 0.264 e. The van der Waals surface area contributed by atoms with Gasteiger partial charge in [0.1, 0.15) is 11.8 Å². The molecule has 0 bridgehead atoms. The quantitative estimate of drug-likeness (QED) is 0.338. The first-order valence-electron chi connectivity index (χ1n) is 10.7. The van der Waals surface area contributed by atoms with Gasteiger partial charge in [-0.15, -0.1) is 0 Å². The first kappa shape index (κ1) is 20.4. The van der Waals surface area contributed by atoms with Crippen LogP contribution in [0.1, 0.15) is 47.7 Å². The molecule has 0 spiro atoms. The van der Waals surface area contributed by atoms with Crippen molar-refractivity contribution in [2.75, 3.05) is 11.4 Å². The van der Waals surface area contributed by atoms with E-state index in [1.807, 2.05) is 31.2 Å². The third kappa shape index (κ3) is 3.38. The van der Waals surface area contributed by atoms with Gasteiger partial charge in [-0.25, -0.2) is 8.78 Å². The van der Waals surface area contributed by atoms with E-state index in [9.17, 15) is 13.6 Å². The molecular formula is C25H23F2N3O2. The maximum Gasteiger partial charge on any atom is 0.264 e. The molecule has 0 radical (unpaired) electrons. The molecule has 2 aromatic carbocycles. The zero-order chi connectivity index (χ0) is 22.4. The largest absolute Gasteiger partial charge is 0.464 e. The standard InChI is InChI=1S/C25H23F2N3O2/c1-3-23(31)21-14-32-24-7-6-17(10-19(21)24)30-8-4-5-15-9-18(16-12-28-29(2)13-16)20(25(26)27)11-22(15)30/h6-7,9-14,25H,3-5,8H2,1-2H3. The van der Waals surface area contributed by atoms with Gasteiger partial charge in [0.15, 0.2) is 5.78 Å². The van der Waals surface area contributed by atoms with E-state index in [1.165, 1.54) is 6.26 Å². The molecule has 5 nitrogen and oxygen atoms in total. The van der Waals surface area contributed by atoms with Crippen LogP contribution in [-0.4, -0.2) is 22.1 Å². The van der Waals surface area contributed by atoms with Gasteiger partial charge in [0, 0.05) is 54.1 Å². The Morgan fingerprint density at radius 3 is 2.81 bits per heavy atom. The number of fused-ring (bicyclic) bond motifs is 2. The third-order valence-corrected chi connectivity index (χ3v) is 6.11. The molecule has 0 fully saturated rings. The third-order valence-electron chi connectivity index (χ3n) is 6.11. The van der Waals surface area contributed by atoms with Gasteiger partial charge in [-0.05, 0) is 54.3 Å². The summed E-state index contributed by atoms with van der Waals surface area (Å²) in [6.45, 7) is 2.53. The molecule has 164 valence electrons. The minimum absolute atomic E-state index is 0.00473. The highest BCUT2D eigenvalue weighted by Crippen LogP contribution is 2.42. The first-order chi connectivity index (χ1) is 15.5. The van der Waals surface area contributed by atoms with E-state index in [-0.39, 0.29) is 11.3 Å². The molecule has 0 aliphatic carbocycles. The Balaban J connectivity index is 1.63. The van der Waals surface area contributed by atoms with E-state index < -0.39 is 6.43 Å². The normalized spacial score (nSPS) is 13.7. The van der Waals surface area contributed by atoms with Crippen LogP contribution in [0.3, 0.4) is 0 Å². The lowest BCUT2D eigenvalue weighted by Gasteiger charge is -2.32. The molecular weight excluding hydrogens is 412 g/mol. The lowest BCUT2D eigenvalue weighted by Crippen LogP contribution is -2.25. The van der Waals surface area contributed by atoms with E-state index in [0.717, 1.165) is 35.2 Å². The number of halogens is 2. The summed E-state index contributed by atoms with van der Waals surface area (Å²) >= 11 is 0. The lowest BCUT2D eigenvalue weighted by atomic mass is 9.92. The number of alkyl halides is 2. The number of Topliss-reactive ketones (excluding diaryl/α,β-unsaturated/α-hetero) is 1. The summed E-state index contributed by atoms with van der Waals surface area (Å²) in [5, 5.41) is 4.90. The van der Waals surface area contributed by atoms with Crippen LogP contribution >= 0.6 is 0 Å². The molecule has 32 heavy (non-hydrogen) atoms. The second-order valence-corrected chi connectivity index (χ2v) is 8.13. The molecule has 0 saturated carbocycles. The zero-order valence-electron chi connectivity index (χ0n) is 17.9. The number of anilines is 2. The van der Waals surface area contributed by atoms with E-state index in [1.54, 1.807) is 30.2 Å².